The van der Waals surface area contributed by atoms with E-state index in [4.69, 9.17) is 9.16 Å². The van der Waals surface area contributed by atoms with E-state index < -0.39 is 181 Å². The molecule has 25 nitrogen and oxygen atoms in total. The minimum Gasteiger partial charge on any atom is -0.459 e. The fourth-order valence-electron chi connectivity index (χ4n) is 13.9. The third-order valence-corrected chi connectivity index (χ3v) is 25.0. The Morgan fingerprint density at radius 3 is 1.47 bits per heavy atom. The van der Waals surface area contributed by atoms with Gasteiger partial charge in [0, 0.05) is 55.8 Å². The molecule has 2 aromatic rings. The normalized spacial score (nSPS) is 24.4. The number of carbonyl (C=O) groups is 12. The topological polar surface area (TPSA) is 303 Å². The Kier molecular flexibility index (Phi) is 35.8. The van der Waals surface area contributed by atoms with E-state index in [1.165, 1.54) is 82.7 Å². The average molecular weight is 1490 g/mol. The van der Waals surface area contributed by atoms with Gasteiger partial charge in [0.2, 0.25) is 65.0 Å². The van der Waals surface area contributed by atoms with Gasteiger partial charge in [0.1, 0.15) is 66.5 Å². The van der Waals surface area contributed by atoms with Crippen molar-refractivity contribution in [3.05, 3.63) is 72.8 Å². The van der Waals surface area contributed by atoms with Crippen molar-refractivity contribution in [2.75, 3.05) is 55.4 Å². The van der Waals surface area contributed by atoms with Crippen LogP contribution in [0.4, 0.5) is 0 Å². The molecule has 2 aromatic carbocycles. The van der Waals surface area contributed by atoms with Crippen molar-refractivity contribution in [1.82, 2.24) is 56.0 Å². The number of likely N-dealkylation sites (N-methyl/N-ethyl adjacent to an activating group) is 6. The van der Waals surface area contributed by atoms with E-state index >= 15 is 28.8 Å². The van der Waals surface area contributed by atoms with E-state index in [1.54, 1.807) is 61.5 Å². The summed E-state index contributed by atoms with van der Waals surface area (Å²) in [7, 11) is 5.33. The molecule has 3 rings (SSSR count). The molecule has 105 heavy (non-hydrogen) atoms. The van der Waals surface area contributed by atoms with Gasteiger partial charge in [-0.2, -0.15) is 0 Å². The highest BCUT2D eigenvalue weighted by atomic mass is 28.4. The van der Waals surface area contributed by atoms with Crippen molar-refractivity contribution < 1.29 is 66.7 Å². The van der Waals surface area contributed by atoms with Crippen LogP contribution in [0.3, 0.4) is 0 Å². The minimum absolute atomic E-state index is 0.0358. The van der Waals surface area contributed by atoms with Crippen molar-refractivity contribution in [2.24, 2.45) is 41.4 Å². The molecular weight excluding hydrogens is 1360 g/mol. The van der Waals surface area contributed by atoms with Gasteiger partial charge in [-0.25, -0.2) is 0 Å². The summed E-state index contributed by atoms with van der Waals surface area (Å²) in [6.45, 7) is 35.0. The van der Waals surface area contributed by atoms with Gasteiger partial charge >= 0.3 is 5.97 Å². The maximum absolute atomic E-state index is 15.6. The lowest BCUT2D eigenvalue weighted by atomic mass is 9.91. The van der Waals surface area contributed by atoms with Crippen molar-refractivity contribution in [3.8, 4) is 0 Å². The molecule has 0 saturated carbocycles. The van der Waals surface area contributed by atoms with Crippen LogP contribution in [0.15, 0.2) is 72.8 Å². The molecule has 1 aliphatic rings. The Morgan fingerprint density at radius 1 is 0.533 bits per heavy atom. The summed E-state index contributed by atoms with van der Waals surface area (Å²) in [6, 6.07) is 6.95. The standard InChI is InChI=1S/C79H129N11O14Si/c1-27-29-36-53(14)68(104-56(17)91)67-73(97)82-59(28-2)74(98)85(21)46-63(92)88(24)66(52(13)41-42-103-105(79(18,19)20,57-37-32-30-33-38-57)58-39-34-31-35-40-58)72(96)84-64(50(9)10)77(101)86(22)61(44-48(5)6)71(95)81-54(15)69(93)80-55(16)70(94)83-60(43-47(3)4)75(99)87(23)62(45-49(7)8)76(100)89(25)65(51(11)12)78(102)90(67)26/h27,29-35,37-40,47-55,59-62,64-68H,28,36,41-46H2,1-26H3,(H,80,93)(H,81,95)(H,82,97)(H,83,94)(H,84,96). The molecule has 1 saturated heterocycles. The second-order valence-corrected chi connectivity index (χ2v) is 36.2. The zero-order chi connectivity index (χ0) is 80.0. The Labute approximate surface area is 627 Å². The predicted molar refractivity (Wildman–Crippen MR) is 411 cm³/mol. The fraction of sp³-hybridized carbons (Fsp3) is 0.671. The summed E-state index contributed by atoms with van der Waals surface area (Å²) in [6.07, 6.45) is 3.05. The number of nitrogens with one attached hydrogen (secondary N) is 5. The first-order valence-corrected chi connectivity index (χ1v) is 39.4. The van der Waals surface area contributed by atoms with Crippen molar-refractivity contribution in [2.45, 2.75) is 249 Å². The molecule has 588 valence electrons. The third-order valence-electron chi connectivity index (χ3n) is 20.0. The van der Waals surface area contributed by atoms with Crippen LogP contribution in [0.25, 0.3) is 0 Å². The van der Waals surface area contributed by atoms with Gasteiger partial charge in [-0.3, -0.25) is 57.5 Å². The molecule has 0 bridgehead atoms. The zero-order valence-electron chi connectivity index (χ0n) is 67.9. The van der Waals surface area contributed by atoms with Crippen LogP contribution in [0.1, 0.15) is 177 Å². The third kappa shape index (κ3) is 24.5. The highest BCUT2D eigenvalue weighted by molar-refractivity contribution is 6.99. The first-order valence-electron chi connectivity index (χ1n) is 37.5. The monoisotopic (exact) mass is 1480 g/mol. The summed E-state index contributed by atoms with van der Waals surface area (Å²) < 4.78 is 13.3. The van der Waals surface area contributed by atoms with E-state index in [2.05, 4.69) is 71.6 Å². The number of carbonyl (C=O) groups excluding carboxylic acids is 12. The first kappa shape index (κ1) is 91.2. The smallest absolute Gasteiger partial charge is 0.303 e. The molecule has 26 heteroatoms. The van der Waals surface area contributed by atoms with E-state index in [0.717, 1.165) is 20.2 Å². The van der Waals surface area contributed by atoms with Crippen molar-refractivity contribution in [3.63, 3.8) is 0 Å². The molecule has 1 heterocycles. The Hall–Kier alpha value is -8.00. The number of benzene rings is 2. The van der Waals surface area contributed by atoms with Crippen LogP contribution in [0.5, 0.6) is 0 Å². The van der Waals surface area contributed by atoms with Crippen LogP contribution in [0, 0.1) is 41.4 Å². The summed E-state index contributed by atoms with van der Waals surface area (Å²) in [5, 5.41) is 15.6. The highest BCUT2D eigenvalue weighted by Gasteiger charge is 2.51. The molecule has 0 aromatic heterocycles. The average Bonchev–Trinajstić information content (AvgIpc) is 0.751. The maximum Gasteiger partial charge on any atom is 0.303 e. The number of ether oxygens (including phenoxy) is 1. The van der Waals surface area contributed by atoms with E-state index in [0.29, 0.717) is 0 Å². The van der Waals surface area contributed by atoms with Crippen LogP contribution >= 0.6 is 0 Å². The number of allylic oxidation sites excluding steroid dienone is 2. The van der Waals surface area contributed by atoms with Gasteiger partial charge in [0.15, 0.2) is 0 Å². The minimum atomic E-state index is -3.15. The van der Waals surface area contributed by atoms with Gasteiger partial charge in [0.25, 0.3) is 8.32 Å². The molecule has 0 radical (unpaired) electrons. The van der Waals surface area contributed by atoms with E-state index in [1.807, 2.05) is 84.0 Å². The van der Waals surface area contributed by atoms with Gasteiger partial charge in [-0.1, -0.05) is 184 Å². The number of nitrogens with zero attached hydrogens (tertiary/aromatic N) is 6. The molecular formula is C79H129N11O14Si. The quantitative estimate of drug-likeness (QED) is 0.0540. The molecule has 1 aliphatic heterocycles. The Morgan fingerprint density at radius 2 is 1.00 bits per heavy atom. The molecule has 11 amide bonds. The van der Waals surface area contributed by atoms with Crippen LogP contribution in [0.2, 0.25) is 5.04 Å². The summed E-state index contributed by atoms with van der Waals surface area (Å²) in [4.78, 5) is 185. The van der Waals surface area contributed by atoms with Gasteiger partial charge in [-0.15, -0.1) is 0 Å². The second kappa shape index (κ2) is 41.2. The molecule has 1 fully saturated rings. The van der Waals surface area contributed by atoms with Crippen LogP contribution < -0.4 is 37.0 Å². The SMILES string of the molecule is CC=CCC(C)C(OC(C)=O)C1C(=O)NC(CC)C(=O)N(C)CC(=O)N(C)C(C(C)CCO[Si](c2ccccc2)(c2ccccc2)C(C)(C)C)C(=O)NC(C(C)C)C(=O)N(C)C(CC(C)C)C(=O)NC(C)C(=O)NC(C)C(=O)NC(CC(C)C)C(=O)N(C)C(CC(C)C)C(=O)N(C)C(C(C)C)C(=O)N1C. The molecule has 13 unspecified atom stereocenters. The second-order valence-electron chi connectivity index (χ2n) is 31.8. The van der Waals surface area contributed by atoms with Crippen LogP contribution in [-0.4, -0.2) is 231 Å². The number of esters is 1. The van der Waals surface area contributed by atoms with Gasteiger partial charge in [0.05, 0.1) is 6.54 Å². The van der Waals surface area contributed by atoms with Crippen molar-refractivity contribution >= 4 is 89.6 Å². The first-order chi connectivity index (χ1) is 48.8. The molecule has 13 atom stereocenters. The van der Waals surface area contributed by atoms with E-state index in [-0.39, 0.29) is 62.9 Å². The fourth-order valence-corrected chi connectivity index (χ4v) is 18.5. The summed E-state index contributed by atoms with van der Waals surface area (Å²) >= 11 is 0. The number of rotatable bonds is 21. The number of hydrogen-bond donors (Lipinski definition) is 5. The maximum atomic E-state index is 15.6. The van der Waals surface area contributed by atoms with Crippen LogP contribution in [-0.2, 0) is 66.7 Å². The summed E-state index contributed by atoms with van der Waals surface area (Å²) in [5.74, 6) is -11.8. The Bertz CT molecular complexity index is 3250. The predicted octanol–water partition coefficient (Wildman–Crippen LogP) is 6.05. The number of amides is 11. The molecule has 0 aliphatic carbocycles. The lowest BCUT2D eigenvalue weighted by Crippen LogP contribution is -2.66. The Balaban J connectivity index is 2.42. The number of hydrogen-bond acceptors (Lipinski definition) is 14. The molecule has 5 N–H and O–H groups in total. The largest absolute Gasteiger partial charge is 0.459 e. The zero-order valence-corrected chi connectivity index (χ0v) is 68.9. The lowest BCUT2D eigenvalue weighted by Gasteiger charge is -2.43. The summed E-state index contributed by atoms with van der Waals surface area (Å²) in [5.41, 5.74) is 0. The lowest BCUT2D eigenvalue weighted by molar-refractivity contribution is -0.164. The van der Waals surface area contributed by atoms with E-state index in [9.17, 15) is 28.8 Å². The highest BCUT2D eigenvalue weighted by Crippen LogP contribution is 2.37. The van der Waals surface area contributed by atoms with Gasteiger partial charge in [-0.05, 0) is 116 Å². The van der Waals surface area contributed by atoms with Gasteiger partial charge < -0.3 is 65.1 Å². The molecule has 0 spiro atoms. The van der Waals surface area contributed by atoms with Crippen molar-refractivity contribution in [1.29, 1.82) is 0 Å².